The van der Waals surface area contributed by atoms with Crippen LogP contribution in [0.2, 0.25) is 0 Å². The van der Waals surface area contributed by atoms with Crippen LogP contribution in [-0.4, -0.2) is 51.3 Å². The van der Waals surface area contributed by atoms with Crippen molar-refractivity contribution in [2.75, 3.05) is 24.2 Å². The van der Waals surface area contributed by atoms with Gasteiger partial charge < -0.3 is 15.5 Å². The molecule has 1 aliphatic rings. The quantitative estimate of drug-likeness (QED) is 0.660. The molecule has 0 saturated heterocycles. The Morgan fingerprint density at radius 3 is 2.60 bits per heavy atom. The molecular weight excluding hydrogens is 384 g/mol. The predicted octanol–water partition coefficient (Wildman–Crippen LogP) is 1.54. The van der Waals surface area contributed by atoms with Gasteiger partial charge in [-0.1, -0.05) is 0 Å². The Balaban J connectivity index is 1.77. The summed E-state index contributed by atoms with van der Waals surface area (Å²) >= 11 is 0. The number of nitrogens with zero attached hydrogens (tertiary/aromatic N) is 6. The topological polar surface area (TPSA) is 148 Å². The molecule has 30 heavy (non-hydrogen) atoms. The fraction of sp³-hybridized carbons (Fsp3) is 0.350. The lowest BCUT2D eigenvalue weighted by Gasteiger charge is -2.21. The van der Waals surface area contributed by atoms with Crippen LogP contribution in [0.15, 0.2) is 24.7 Å². The van der Waals surface area contributed by atoms with Gasteiger partial charge in [0.15, 0.2) is 11.5 Å². The number of hydrogen-bond donors (Lipinski definition) is 2. The van der Waals surface area contributed by atoms with Gasteiger partial charge >= 0.3 is 0 Å². The first-order valence-corrected chi connectivity index (χ1v) is 9.34. The van der Waals surface area contributed by atoms with E-state index in [0.717, 1.165) is 12.8 Å². The van der Waals surface area contributed by atoms with Gasteiger partial charge in [-0.15, -0.1) is 0 Å². The second-order valence-electron chi connectivity index (χ2n) is 7.00. The van der Waals surface area contributed by atoms with Crippen LogP contribution in [0.5, 0.6) is 0 Å². The summed E-state index contributed by atoms with van der Waals surface area (Å²) in [6.07, 6.45) is 6.26. The van der Waals surface area contributed by atoms with Crippen LogP contribution in [-0.2, 0) is 9.59 Å². The maximum atomic E-state index is 12.3. The van der Waals surface area contributed by atoms with E-state index in [1.165, 1.54) is 30.5 Å². The standard InChI is InChI=1S/C20H20N8O2/c1-12(20(30)28(2)6-5-21)26-15-7-14(9-23-16(15)8-22)17-10-25-18(11-24-17)27-19(29)13-3-4-13/h7,9-13,26H,3-4,6H2,1-2H3,(H,25,27,29). The highest BCUT2D eigenvalue weighted by Crippen LogP contribution is 2.30. The van der Waals surface area contributed by atoms with Crippen LogP contribution in [0, 0.1) is 28.6 Å². The Hall–Kier alpha value is -4.05. The minimum Gasteiger partial charge on any atom is -0.372 e. The van der Waals surface area contributed by atoms with E-state index in [9.17, 15) is 14.9 Å². The number of amides is 2. The number of aromatic nitrogens is 3. The van der Waals surface area contributed by atoms with E-state index >= 15 is 0 Å². The van der Waals surface area contributed by atoms with Crippen molar-refractivity contribution in [2.45, 2.75) is 25.8 Å². The Labute approximate surface area is 173 Å². The van der Waals surface area contributed by atoms with Crippen molar-refractivity contribution < 1.29 is 9.59 Å². The average molecular weight is 404 g/mol. The summed E-state index contributed by atoms with van der Waals surface area (Å²) in [5, 5.41) is 23.8. The van der Waals surface area contributed by atoms with E-state index in [1.807, 2.05) is 12.1 Å². The predicted molar refractivity (Wildman–Crippen MR) is 108 cm³/mol. The SMILES string of the molecule is CC(Nc1cc(-c2cnc(NC(=O)C3CC3)cn2)cnc1C#N)C(=O)N(C)CC#N. The number of likely N-dealkylation sites (N-methyl/N-ethyl adjacent to an activating group) is 1. The number of hydrogen-bond acceptors (Lipinski definition) is 8. The van der Waals surface area contributed by atoms with Gasteiger partial charge in [-0.05, 0) is 25.8 Å². The van der Waals surface area contributed by atoms with Crippen LogP contribution >= 0.6 is 0 Å². The average Bonchev–Trinajstić information content (AvgIpc) is 3.59. The smallest absolute Gasteiger partial charge is 0.245 e. The third-order valence-electron chi connectivity index (χ3n) is 4.57. The number of nitrogens with one attached hydrogen (secondary N) is 2. The van der Waals surface area contributed by atoms with Crippen LogP contribution in [0.3, 0.4) is 0 Å². The van der Waals surface area contributed by atoms with E-state index < -0.39 is 6.04 Å². The molecule has 3 rings (SSSR count). The van der Waals surface area contributed by atoms with E-state index in [2.05, 4.69) is 25.6 Å². The van der Waals surface area contributed by atoms with Gasteiger partial charge in [-0.2, -0.15) is 10.5 Å². The molecule has 152 valence electrons. The molecule has 10 heteroatoms. The summed E-state index contributed by atoms with van der Waals surface area (Å²) in [4.78, 5) is 38.1. The van der Waals surface area contributed by atoms with Crippen molar-refractivity contribution in [1.82, 2.24) is 19.9 Å². The van der Waals surface area contributed by atoms with Gasteiger partial charge in [0.25, 0.3) is 0 Å². The van der Waals surface area contributed by atoms with E-state index in [0.29, 0.717) is 22.8 Å². The first-order chi connectivity index (χ1) is 14.4. The summed E-state index contributed by atoms with van der Waals surface area (Å²) < 4.78 is 0. The number of pyridine rings is 1. The minimum absolute atomic E-state index is 0.0343. The Kier molecular flexibility index (Phi) is 6.18. The van der Waals surface area contributed by atoms with Crippen LogP contribution < -0.4 is 10.6 Å². The molecule has 2 aromatic rings. The second kappa shape index (κ2) is 8.97. The Bertz CT molecular complexity index is 1030. The monoisotopic (exact) mass is 404 g/mol. The lowest BCUT2D eigenvalue weighted by molar-refractivity contribution is -0.129. The minimum atomic E-state index is -0.668. The molecule has 0 bridgehead atoms. The molecule has 0 aromatic carbocycles. The zero-order chi connectivity index (χ0) is 21.7. The number of carbonyl (C=O) groups excluding carboxylic acids is 2. The normalized spacial score (nSPS) is 13.5. The molecular formula is C20H20N8O2. The highest BCUT2D eigenvalue weighted by Gasteiger charge is 2.29. The third kappa shape index (κ3) is 4.86. The molecule has 1 unspecified atom stereocenters. The van der Waals surface area contributed by atoms with Crippen molar-refractivity contribution in [2.24, 2.45) is 5.92 Å². The van der Waals surface area contributed by atoms with E-state index in [1.54, 1.807) is 13.0 Å². The van der Waals surface area contributed by atoms with Gasteiger partial charge in [-0.3, -0.25) is 14.6 Å². The van der Waals surface area contributed by atoms with Gasteiger partial charge in [0, 0.05) is 24.7 Å². The van der Waals surface area contributed by atoms with E-state index in [4.69, 9.17) is 5.26 Å². The summed E-state index contributed by atoms with van der Waals surface area (Å²) in [6, 6.07) is 4.89. The summed E-state index contributed by atoms with van der Waals surface area (Å²) in [7, 11) is 1.53. The largest absolute Gasteiger partial charge is 0.372 e. The maximum absolute atomic E-state index is 12.3. The Morgan fingerprint density at radius 1 is 1.23 bits per heavy atom. The molecule has 2 N–H and O–H groups in total. The zero-order valence-corrected chi connectivity index (χ0v) is 16.6. The highest BCUT2D eigenvalue weighted by molar-refractivity contribution is 5.93. The van der Waals surface area contributed by atoms with Gasteiger partial charge in [0.1, 0.15) is 18.7 Å². The molecule has 1 atom stereocenters. The molecule has 2 heterocycles. The first-order valence-electron chi connectivity index (χ1n) is 9.34. The molecule has 1 saturated carbocycles. The lowest BCUT2D eigenvalue weighted by Crippen LogP contribution is -2.39. The summed E-state index contributed by atoms with van der Waals surface area (Å²) in [5.74, 6) is 0.0973. The number of nitriles is 2. The summed E-state index contributed by atoms with van der Waals surface area (Å²) in [5.41, 5.74) is 1.59. The van der Waals surface area contributed by atoms with E-state index in [-0.39, 0.29) is 30.0 Å². The molecule has 1 aliphatic carbocycles. The van der Waals surface area contributed by atoms with Crippen LogP contribution in [0.1, 0.15) is 25.5 Å². The molecule has 2 aromatic heterocycles. The zero-order valence-electron chi connectivity index (χ0n) is 16.6. The number of carbonyl (C=O) groups is 2. The van der Waals surface area contributed by atoms with Crippen molar-refractivity contribution >= 4 is 23.3 Å². The van der Waals surface area contributed by atoms with Crippen molar-refractivity contribution in [1.29, 1.82) is 10.5 Å². The molecule has 1 fully saturated rings. The molecule has 10 nitrogen and oxygen atoms in total. The van der Waals surface area contributed by atoms with Crippen LogP contribution in [0.4, 0.5) is 11.5 Å². The first kappa shape index (κ1) is 20.7. The van der Waals surface area contributed by atoms with Crippen LogP contribution in [0.25, 0.3) is 11.3 Å². The molecule has 0 spiro atoms. The maximum Gasteiger partial charge on any atom is 0.245 e. The van der Waals surface area contributed by atoms with Crippen molar-refractivity contribution in [3.05, 3.63) is 30.4 Å². The lowest BCUT2D eigenvalue weighted by atomic mass is 10.1. The number of anilines is 2. The van der Waals surface area contributed by atoms with Gasteiger partial charge in [0.05, 0.1) is 29.8 Å². The summed E-state index contributed by atoms with van der Waals surface area (Å²) in [6.45, 7) is 1.61. The molecule has 0 radical (unpaired) electrons. The second-order valence-corrected chi connectivity index (χ2v) is 7.00. The molecule has 2 amide bonds. The highest BCUT2D eigenvalue weighted by atomic mass is 16.2. The molecule has 0 aliphatic heterocycles. The van der Waals surface area contributed by atoms with Crippen molar-refractivity contribution in [3.63, 3.8) is 0 Å². The number of rotatable bonds is 7. The van der Waals surface area contributed by atoms with Gasteiger partial charge in [-0.25, -0.2) is 9.97 Å². The fourth-order valence-electron chi connectivity index (χ4n) is 2.73. The van der Waals surface area contributed by atoms with Gasteiger partial charge in [0.2, 0.25) is 11.8 Å². The van der Waals surface area contributed by atoms with Crippen molar-refractivity contribution in [3.8, 4) is 23.4 Å². The Morgan fingerprint density at radius 2 is 2.00 bits per heavy atom. The third-order valence-corrected chi connectivity index (χ3v) is 4.57. The fourth-order valence-corrected chi connectivity index (χ4v) is 2.73.